The first kappa shape index (κ1) is 24.0. The van der Waals surface area contributed by atoms with Crippen molar-refractivity contribution in [3.05, 3.63) is 21.9 Å². The summed E-state index contributed by atoms with van der Waals surface area (Å²) in [6.07, 6.45) is 2.60. The van der Waals surface area contributed by atoms with Crippen molar-refractivity contribution in [2.75, 3.05) is 52.5 Å². The number of carbonyl (C=O) groups is 1. The van der Waals surface area contributed by atoms with Gasteiger partial charge in [-0.05, 0) is 42.7 Å². The van der Waals surface area contributed by atoms with Crippen molar-refractivity contribution in [1.82, 2.24) is 20.4 Å². The highest BCUT2D eigenvalue weighted by Crippen LogP contribution is 2.24. The number of morpholine rings is 1. The quantitative estimate of drug-likeness (QED) is 0.447. The summed E-state index contributed by atoms with van der Waals surface area (Å²) in [5, 5.41) is 8.82. The lowest BCUT2D eigenvalue weighted by molar-refractivity contribution is -0.131. The fraction of sp³-hybridized carbons (Fsp3) is 0.739. The van der Waals surface area contributed by atoms with Crippen LogP contribution in [0.15, 0.2) is 16.4 Å². The van der Waals surface area contributed by atoms with Gasteiger partial charge < -0.3 is 20.3 Å². The maximum absolute atomic E-state index is 12.7. The number of fused-ring (bicyclic) bond motifs is 1. The van der Waals surface area contributed by atoms with E-state index in [1.54, 1.807) is 11.3 Å². The molecule has 0 bridgehead atoms. The molecule has 174 valence electrons. The molecule has 3 rings (SSSR count). The van der Waals surface area contributed by atoms with Crippen molar-refractivity contribution in [1.29, 1.82) is 0 Å². The van der Waals surface area contributed by atoms with Gasteiger partial charge in [0, 0.05) is 56.6 Å². The molecule has 0 saturated carbocycles. The first-order valence-corrected chi connectivity index (χ1v) is 12.6. The summed E-state index contributed by atoms with van der Waals surface area (Å²) in [5.74, 6) is 1.65. The molecular formula is C23H39N5O2S. The zero-order valence-corrected chi connectivity index (χ0v) is 20.2. The molecule has 1 amide bonds. The molecular weight excluding hydrogens is 410 g/mol. The summed E-state index contributed by atoms with van der Waals surface area (Å²) in [6, 6.07) is 2.57. The number of nitrogens with zero attached hydrogens (tertiary/aromatic N) is 3. The molecule has 31 heavy (non-hydrogen) atoms. The summed E-state index contributed by atoms with van der Waals surface area (Å²) in [5.41, 5.74) is 1.31. The Morgan fingerprint density at radius 3 is 2.81 bits per heavy atom. The molecule has 1 aromatic rings. The molecule has 1 atom stereocenters. The molecule has 0 aromatic carbocycles. The summed E-state index contributed by atoms with van der Waals surface area (Å²) in [6.45, 7) is 13.9. The van der Waals surface area contributed by atoms with E-state index in [-0.39, 0.29) is 5.91 Å². The molecule has 1 unspecified atom stereocenters. The molecule has 2 aliphatic rings. The van der Waals surface area contributed by atoms with Crippen LogP contribution in [0.3, 0.4) is 0 Å². The predicted octanol–water partition coefficient (Wildman–Crippen LogP) is 2.32. The van der Waals surface area contributed by atoms with Crippen LogP contribution in [0.5, 0.6) is 0 Å². The Morgan fingerprint density at radius 2 is 2.06 bits per heavy atom. The molecule has 1 fully saturated rings. The Kier molecular flexibility index (Phi) is 9.61. The molecule has 7 nitrogen and oxygen atoms in total. The zero-order chi connectivity index (χ0) is 22.1. The van der Waals surface area contributed by atoms with Gasteiger partial charge in [0.1, 0.15) is 0 Å². The molecule has 2 N–H and O–H groups in total. The fourth-order valence-corrected chi connectivity index (χ4v) is 5.16. The highest BCUT2D eigenvalue weighted by molar-refractivity contribution is 7.10. The van der Waals surface area contributed by atoms with Crippen molar-refractivity contribution in [3.63, 3.8) is 0 Å². The topological polar surface area (TPSA) is 69.2 Å². The van der Waals surface area contributed by atoms with Crippen LogP contribution in [0, 0.1) is 5.92 Å². The third kappa shape index (κ3) is 7.47. The average Bonchev–Trinajstić information content (AvgIpc) is 3.24. The Morgan fingerprint density at radius 1 is 1.26 bits per heavy atom. The largest absolute Gasteiger partial charge is 0.379 e. The maximum atomic E-state index is 12.7. The molecule has 8 heteroatoms. The molecule has 3 heterocycles. The van der Waals surface area contributed by atoms with Crippen molar-refractivity contribution in [3.8, 4) is 0 Å². The van der Waals surface area contributed by atoms with Crippen LogP contribution in [0.4, 0.5) is 0 Å². The number of rotatable bonds is 9. The number of amides is 1. The minimum Gasteiger partial charge on any atom is -0.379 e. The second kappa shape index (κ2) is 12.4. The van der Waals surface area contributed by atoms with E-state index >= 15 is 0 Å². The first-order chi connectivity index (χ1) is 15.1. The monoisotopic (exact) mass is 449 g/mol. The molecule has 1 aromatic heterocycles. The Hall–Kier alpha value is -1.64. The third-order valence-corrected chi connectivity index (χ3v) is 6.92. The van der Waals surface area contributed by atoms with E-state index < -0.39 is 0 Å². The summed E-state index contributed by atoms with van der Waals surface area (Å²) in [4.78, 5) is 23.5. The van der Waals surface area contributed by atoms with E-state index in [2.05, 4.69) is 47.8 Å². The number of nitrogens with one attached hydrogen (secondary N) is 2. The summed E-state index contributed by atoms with van der Waals surface area (Å²) in [7, 11) is 0. The lowest BCUT2D eigenvalue weighted by Gasteiger charge is -2.34. The van der Waals surface area contributed by atoms with Gasteiger partial charge >= 0.3 is 0 Å². The van der Waals surface area contributed by atoms with Crippen molar-refractivity contribution in [2.45, 2.75) is 52.6 Å². The van der Waals surface area contributed by atoms with Crippen molar-refractivity contribution >= 4 is 23.2 Å². The lowest BCUT2D eigenvalue weighted by atomic mass is 10.0. The van der Waals surface area contributed by atoms with Gasteiger partial charge in [-0.25, -0.2) is 0 Å². The standard InChI is InChI=1S/C23H39N5O2S/c1-4-24-23(26-16-20(15-18(2)3)27-10-12-30-13-11-27)25-8-5-22(29)28-9-6-21-19(17-28)7-14-31-21/h7,14,18,20H,4-6,8-13,15-17H2,1-3H3,(H2,24,25,26). The van der Waals surface area contributed by atoms with Gasteiger partial charge in [0.25, 0.3) is 0 Å². The number of hydrogen-bond donors (Lipinski definition) is 2. The highest BCUT2D eigenvalue weighted by atomic mass is 32.1. The van der Waals surface area contributed by atoms with Crippen LogP contribution < -0.4 is 10.6 Å². The molecule has 0 spiro atoms. The second-order valence-corrected chi connectivity index (χ2v) is 9.76. The molecule has 1 saturated heterocycles. The van der Waals surface area contributed by atoms with Gasteiger partial charge in [0.05, 0.1) is 19.8 Å². The number of thiophene rings is 1. The van der Waals surface area contributed by atoms with E-state index in [9.17, 15) is 4.79 Å². The highest BCUT2D eigenvalue weighted by Gasteiger charge is 2.23. The predicted molar refractivity (Wildman–Crippen MR) is 128 cm³/mol. The van der Waals surface area contributed by atoms with Gasteiger partial charge in [0.2, 0.25) is 5.91 Å². The van der Waals surface area contributed by atoms with Crippen LogP contribution >= 0.6 is 11.3 Å². The number of carbonyl (C=O) groups excluding carboxylic acids is 1. The Labute approximate surface area is 191 Å². The Bertz CT molecular complexity index is 715. The number of guanidine groups is 1. The van der Waals surface area contributed by atoms with E-state index in [0.717, 1.165) is 71.3 Å². The Balaban J connectivity index is 1.48. The number of aliphatic imine (C=N–C) groups is 1. The van der Waals surface area contributed by atoms with Crippen molar-refractivity contribution < 1.29 is 9.53 Å². The second-order valence-electron chi connectivity index (χ2n) is 8.76. The van der Waals surface area contributed by atoms with Gasteiger partial charge in [-0.15, -0.1) is 11.3 Å². The maximum Gasteiger partial charge on any atom is 0.224 e. The van der Waals surface area contributed by atoms with E-state index in [0.29, 0.717) is 24.9 Å². The van der Waals surface area contributed by atoms with E-state index in [1.807, 2.05) is 4.90 Å². The summed E-state index contributed by atoms with van der Waals surface area (Å²) < 4.78 is 5.52. The van der Waals surface area contributed by atoms with Crippen LogP contribution in [-0.2, 0) is 22.5 Å². The summed E-state index contributed by atoms with van der Waals surface area (Å²) >= 11 is 1.80. The van der Waals surface area contributed by atoms with Crippen LogP contribution in [0.25, 0.3) is 0 Å². The minimum atomic E-state index is 0.214. The zero-order valence-electron chi connectivity index (χ0n) is 19.4. The van der Waals surface area contributed by atoms with Crippen LogP contribution in [-0.4, -0.2) is 80.2 Å². The van der Waals surface area contributed by atoms with Gasteiger partial charge in [-0.3, -0.25) is 14.7 Å². The SMILES string of the molecule is CCNC(=NCC(CC(C)C)N1CCOCC1)NCCC(=O)N1CCc2sccc2C1. The van der Waals surface area contributed by atoms with Crippen LogP contribution in [0.1, 0.15) is 44.1 Å². The van der Waals surface area contributed by atoms with E-state index in [1.165, 1.54) is 10.4 Å². The van der Waals surface area contributed by atoms with E-state index in [4.69, 9.17) is 9.73 Å². The number of ether oxygens (including phenoxy) is 1. The normalized spacial score (nSPS) is 18.7. The molecule has 0 aliphatic carbocycles. The third-order valence-electron chi connectivity index (χ3n) is 5.90. The lowest BCUT2D eigenvalue weighted by Crippen LogP contribution is -2.46. The molecule has 2 aliphatic heterocycles. The fourth-order valence-electron chi connectivity index (χ4n) is 4.27. The van der Waals surface area contributed by atoms with Gasteiger partial charge in [-0.1, -0.05) is 13.8 Å². The van der Waals surface area contributed by atoms with Gasteiger partial charge in [-0.2, -0.15) is 0 Å². The molecule has 0 radical (unpaired) electrons. The minimum absolute atomic E-state index is 0.214. The van der Waals surface area contributed by atoms with Gasteiger partial charge in [0.15, 0.2) is 5.96 Å². The van der Waals surface area contributed by atoms with Crippen molar-refractivity contribution in [2.24, 2.45) is 10.9 Å². The smallest absolute Gasteiger partial charge is 0.224 e. The first-order valence-electron chi connectivity index (χ1n) is 11.7. The average molecular weight is 450 g/mol. The van der Waals surface area contributed by atoms with Crippen LogP contribution in [0.2, 0.25) is 0 Å². The number of hydrogen-bond acceptors (Lipinski definition) is 5.